The van der Waals surface area contributed by atoms with E-state index in [1.165, 1.54) is 4.31 Å². The van der Waals surface area contributed by atoms with Gasteiger partial charge in [-0.1, -0.05) is 31.5 Å². The third-order valence-electron chi connectivity index (χ3n) is 4.75. The summed E-state index contributed by atoms with van der Waals surface area (Å²) in [7, 11) is -3.45. The van der Waals surface area contributed by atoms with Gasteiger partial charge in [0.25, 0.3) is 0 Å². The SMILES string of the molecule is Cc1ccc(S(=O)(=O)N2CCN(CC(=O)N[C@@H](C)C(C)C)CC2)cc1. The normalized spacial score (nSPS) is 18.3. The van der Waals surface area contributed by atoms with Crippen molar-refractivity contribution >= 4 is 15.9 Å². The lowest BCUT2D eigenvalue weighted by Gasteiger charge is -2.33. The number of piperazine rings is 1. The van der Waals surface area contributed by atoms with Crippen LogP contribution in [0.5, 0.6) is 0 Å². The number of carbonyl (C=O) groups is 1. The molecular formula is C18H29N3O3S. The Morgan fingerprint density at radius 3 is 2.16 bits per heavy atom. The zero-order valence-electron chi connectivity index (χ0n) is 15.5. The van der Waals surface area contributed by atoms with Gasteiger partial charge in [-0.25, -0.2) is 8.42 Å². The first-order valence-electron chi connectivity index (χ1n) is 8.78. The van der Waals surface area contributed by atoms with Gasteiger partial charge >= 0.3 is 0 Å². The molecule has 1 fully saturated rings. The van der Waals surface area contributed by atoms with Gasteiger partial charge in [0.1, 0.15) is 0 Å². The zero-order chi connectivity index (χ0) is 18.6. The first-order chi connectivity index (χ1) is 11.7. The van der Waals surface area contributed by atoms with Crippen LogP contribution in [0, 0.1) is 12.8 Å². The molecule has 0 spiro atoms. The molecule has 0 bridgehead atoms. The number of sulfonamides is 1. The smallest absolute Gasteiger partial charge is 0.243 e. The molecule has 1 amide bonds. The maximum absolute atomic E-state index is 12.7. The monoisotopic (exact) mass is 367 g/mol. The summed E-state index contributed by atoms with van der Waals surface area (Å²) in [6, 6.07) is 7.05. The predicted octanol–water partition coefficient (Wildman–Crippen LogP) is 1.46. The molecule has 0 aliphatic carbocycles. The number of nitrogens with zero attached hydrogens (tertiary/aromatic N) is 2. The Bertz CT molecular complexity index is 678. The van der Waals surface area contributed by atoms with Crippen LogP contribution in [0.15, 0.2) is 29.2 Å². The first-order valence-corrected chi connectivity index (χ1v) is 10.2. The molecule has 140 valence electrons. The standard InChI is InChI=1S/C18H29N3O3S/c1-14(2)16(4)19-18(22)13-20-9-11-21(12-10-20)25(23,24)17-7-5-15(3)6-8-17/h5-8,14,16H,9-13H2,1-4H3,(H,19,22)/t16-/m0/s1. The predicted molar refractivity (Wildman–Crippen MR) is 98.8 cm³/mol. The van der Waals surface area contributed by atoms with Gasteiger partial charge in [-0.3, -0.25) is 9.69 Å². The van der Waals surface area contributed by atoms with Gasteiger partial charge in [0, 0.05) is 32.2 Å². The van der Waals surface area contributed by atoms with E-state index in [4.69, 9.17) is 0 Å². The number of hydrogen-bond donors (Lipinski definition) is 1. The summed E-state index contributed by atoms with van der Waals surface area (Å²) < 4.78 is 26.9. The average Bonchev–Trinajstić information content (AvgIpc) is 2.55. The maximum Gasteiger partial charge on any atom is 0.243 e. The minimum Gasteiger partial charge on any atom is -0.352 e. The second kappa shape index (κ2) is 8.29. The first kappa shape index (κ1) is 19.9. The average molecular weight is 368 g/mol. The molecule has 1 aliphatic heterocycles. The van der Waals surface area contributed by atoms with Crippen molar-refractivity contribution in [2.24, 2.45) is 5.92 Å². The van der Waals surface area contributed by atoms with Gasteiger partial charge in [0.05, 0.1) is 11.4 Å². The number of benzene rings is 1. The quantitative estimate of drug-likeness (QED) is 0.826. The summed E-state index contributed by atoms with van der Waals surface area (Å²) in [5.41, 5.74) is 1.03. The third kappa shape index (κ3) is 5.26. The fraction of sp³-hybridized carbons (Fsp3) is 0.611. The van der Waals surface area contributed by atoms with Crippen molar-refractivity contribution in [3.8, 4) is 0 Å². The highest BCUT2D eigenvalue weighted by molar-refractivity contribution is 7.89. The van der Waals surface area contributed by atoms with Crippen LogP contribution >= 0.6 is 0 Å². The van der Waals surface area contributed by atoms with Gasteiger partial charge in [-0.05, 0) is 31.9 Å². The molecule has 1 N–H and O–H groups in total. The highest BCUT2D eigenvalue weighted by Crippen LogP contribution is 2.18. The number of nitrogens with one attached hydrogen (secondary N) is 1. The molecule has 0 unspecified atom stereocenters. The van der Waals surface area contributed by atoms with Crippen LogP contribution < -0.4 is 5.32 Å². The van der Waals surface area contributed by atoms with Crippen molar-refractivity contribution in [1.29, 1.82) is 0 Å². The van der Waals surface area contributed by atoms with E-state index in [0.717, 1.165) is 5.56 Å². The van der Waals surface area contributed by atoms with E-state index in [-0.39, 0.29) is 11.9 Å². The van der Waals surface area contributed by atoms with Gasteiger partial charge in [0.15, 0.2) is 0 Å². The minimum atomic E-state index is -3.45. The molecule has 1 aliphatic rings. The number of carbonyl (C=O) groups excluding carboxylic acids is 1. The molecular weight excluding hydrogens is 338 g/mol. The van der Waals surface area contributed by atoms with Crippen LogP contribution in [0.4, 0.5) is 0 Å². The third-order valence-corrected chi connectivity index (χ3v) is 6.66. The summed E-state index contributed by atoms with van der Waals surface area (Å²) in [6.07, 6.45) is 0. The summed E-state index contributed by atoms with van der Waals surface area (Å²) in [5.74, 6) is 0.386. The van der Waals surface area contributed by atoms with Crippen molar-refractivity contribution in [2.75, 3.05) is 32.7 Å². The molecule has 1 heterocycles. The second-order valence-electron chi connectivity index (χ2n) is 7.09. The Morgan fingerprint density at radius 1 is 1.08 bits per heavy atom. The highest BCUT2D eigenvalue weighted by Gasteiger charge is 2.29. The molecule has 1 aromatic carbocycles. The van der Waals surface area contributed by atoms with Crippen LogP contribution in [0.1, 0.15) is 26.3 Å². The van der Waals surface area contributed by atoms with E-state index in [0.29, 0.717) is 43.5 Å². The minimum absolute atomic E-state index is 0.00367. The van der Waals surface area contributed by atoms with Crippen molar-refractivity contribution < 1.29 is 13.2 Å². The topological polar surface area (TPSA) is 69.7 Å². The van der Waals surface area contributed by atoms with Crippen LogP contribution in [0.3, 0.4) is 0 Å². The van der Waals surface area contributed by atoms with Crippen molar-refractivity contribution in [3.05, 3.63) is 29.8 Å². The van der Waals surface area contributed by atoms with E-state index in [1.54, 1.807) is 12.1 Å². The highest BCUT2D eigenvalue weighted by atomic mass is 32.2. The van der Waals surface area contributed by atoms with Crippen molar-refractivity contribution in [3.63, 3.8) is 0 Å². The Hall–Kier alpha value is -1.44. The molecule has 1 atom stereocenters. The fourth-order valence-electron chi connectivity index (χ4n) is 2.66. The number of aryl methyl sites for hydroxylation is 1. The van der Waals surface area contributed by atoms with Crippen LogP contribution in [-0.2, 0) is 14.8 Å². The molecule has 7 heteroatoms. The molecule has 1 aromatic rings. The molecule has 0 aromatic heterocycles. The van der Waals surface area contributed by atoms with E-state index < -0.39 is 10.0 Å². The fourth-order valence-corrected chi connectivity index (χ4v) is 4.08. The van der Waals surface area contributed by atoms with E-state index in [1.807, 2.05) is 30.9 Å². The maximum atomic E-state index is 12.7. The summed E-state index contributed by atoms with van der Waals surface area (Å²) in [5, 5.41) is 2.99. The van der Waals surface area contributed by atoms with Crippen LogP contribution in [-0.4, -0.2) is 62.3 Å². The zero-order valence-corrected chi connectivity index (χ0v) is 16.3. The van der Waals surface area contributed by atoms with Gasteiger partial charge in [-0.15, -0.1) is 0 Å². The van der Waals surface area contributed by atoms with E-state index in [9.17, 15) is 13.2 Å². The lowest BCUT2D eigenvalue weighted by atomic mass is 10.1. The number of hydrogen-bond acceptors (Lipinski definition) is 4. The van der Waals surface area contributed by atoms with Crippen LogP contribution in [0.25, 0.3) is 0 Å². The van der Waals surface area contributed by atoms with E-state index in [2.05, 4.69) is 19.2 Å². The molecule has 0 saturated carbocycles. The summed E-state index contributed by atoms with van der Waals surface area (Å²) in [4.78, 5) is 14.4. The molecule has 6 nitrogen and oxygen atoms in total. The van der Waals surface area contributed by atoms with E-state index >= 15 is 0 Å². The Balaban J connectivity index is 1.89. The largest absolute Gasteiger partial charge is 0.352 e. The Morgan fingerprint density at radius 2 is 1.64 bits per heavy atom. The molecule has 0 radical (unpaired) electrons. The van der Waals surface area contributed by atoms with Gasteiger partial charge in [0.2, 0.25) is 15.9 Å². The Kier molecular flexibility index (Phi) is 6.59. The Labute approximate surface area is 151 Å². The molecule has 25 heavy (non-hydrogen) atoms. The van der Waals surface area contributed by atoms with Crippen LogP contribution in [0.2, 0.25) is 0 Å². The van der Waals surface area contributed by atoms with Gasteiger partial charge in [-0.2, -0.15) is 4.31 Å². The second-order valence-corrected chi connectivity index (χ2v) is 9.03. The summed E-state index contributed by atoms with van der Waals surface area (Å²) in [6.45, 7) is 10.3. The molecule has 1 saturated heterocycles. The van der Waals surface area contributed by atoms with Crippen molar-refractivity contribution in [1.82, 2.24) is 14.5 Å². The van der Waals surface area contributed by atoms with Crippen molar-refractivity contribution in [2.45, 2.75) is 38.6 Å². The van der Waals surface area contributed by atoms with Gasteiger partial charge < -0.3 is 5.32 Å². The lowest BCUT2D eigenvalue weighted by Crippen LogP contribution is -2.51. The summed E-state index contributed by atoms with van der Waals surface area (Å²) >= 11 is 0. The molecule has 2 rings (SSSR count). The number of amides is 1. The lowest BCUT2D eigenvalue weighted by molar-refractivity contribution is -0.123. The number of rotatable bonds is 6.